The van der Waals surface area contributed by atoms with Gasteiger partial charge in [0.1, 0.15) is 17.3 Å². The van der Waals surface area contributed by atoms with Gasteiger partial charge >= 0.3 is 0 Å². The van der Waals surface area contributed by atoms with E-state index in [1.165, 1.54) is 25.3 Å². The number of halogens is 1. The zero-order valence-electron chi connectivity index (χ0n) is 9.74. The monoisotopic (exact) mass is 246 g/mol. The Morgan fingerprint density at radius 1 is 1.39 bits per heavy atom. The molecule has 0 atom stereocenters. The molecule has 2 aromatic rings. The molecule has 18 heavy (non-hydrogen) atoms. The number of phenolic OH excluding ortho intramolecular Hbond substituents is 1. The number of benzene rings is 2. The van der Waals surface area contributed by atoms with Gasteiger partial charge in [-0.25, -0.2) is 4.39 Å². The van der Waals surface area contributed by atoms with Crippen molar-refractivity contribution in [3.63, 3.8) is 0 Å². The summed E-state index contributed by atoms with van der Waals surface area (Å²) in [6.07, 6.45) is 5.25. The van der Waals surface area contributed by atoms with Crippen molar-refractivity contribution in [1.82, 2.24) is 0 Å². The summed E-state index contributed by atoms with van der Waals surface area (Å²) in [6, 6.07) is 5.83. The zero-order valence-corrected chi connectivity index (χ0v) is 9.74. The van der Waals surface area contributed by atoms with Gasteiger partial charge in [-0.05, 0) is 17.5 Å². The topological polar surface area (TPSA) is 38.7 Å². The molecule has 0 aliphatic rings. The molecule has 0 saturated carbocycles. The lowest BCUT2D eigenvalue weighted by Gasteiger charge is -2.09. The van der Waals surface area contributed by atoms with E-state index in [1.807, 2.05) is 0 Å². The summed E-state index contributed by atoms with van der Waals surface area (Å²) >= 11 is 0. The van der Waals surface area contributed by atoms with Crippen molar-refractivity contribution in [3.05, 3.63) is 35.6 Å². The lowest BCUT2D eigenvalue weighted by molar-refractivity contribution is 0.0511. The lowest BCUT2D eigenvalue weighted by atomic mass is 10.0. The van der Waals surface area contributed by atoms with Crippen molar-refractivity contribution < 1.29 is 19.0 Å². The molecule has 0 aliphatic carbocycles. The third-order valence-electron chi connectivity index (χ3n) is 2.51. The number of fused-ring (bicyclic) bond motifs is 1. The minimum Gasteiger partial charge on any atom is -0.507 e. The summed E-state index contributed by atoms with van der Waals surface area (Å²) in [5.74, 6) is 2.01. The van der Waals surface area contributed by atoms with Crippen LogP contribution in [0.1, 0.15) is 5.56 Å². The van der Waals surface area contributed by atoms with Crippen LogP contribution in [0.3, 0.4) is 0 Å². The molecule has 0 amide bonds. The van der Waals surface area contributed by atoms with Gasteiger partial charge in [0.2, 0.25) is 0 Å². The van der Waals surface area contributed by atoms with E-state index in [-0.39, 0.29) is 18.1 Å². The second kappa shape index (κ2) is 4.94. The van der Waals surface area contributed by atoms with E-state index in [0.717, 1.165) is 0 Å². The Kier molecular flexibility index (Phi) is 3.35. The first-order chi connectivity index (χ1) is 8.67. The van der Waals surface area contributed by atoms with Crippen LogP contribution in [-0.4, -0.2) is 19.0 Å². The maximum absolute atomic E-state index is 13.5. The number of hydrogen-bond donors (Lipinski definition) is 1. The van der Waals surface area contributed by atoms with Crippen LogP contribution in [0.2, 0.25) is 0 Å². The van der Waals surface area contributed by atoms with E-state index in [1.54, 1.807) is 6.07 Å². The highest BCUT2D eigenvalue weighted by atomic mass is 19.1. The zero-order chi connectivity index (χ0) is 13.1. The number of ether oxygens (including phenoxy) is 2. The standard InChI is InChI=1S/C14H11FO3/c1-3-11-12(15)5-4-9-6-10(18-8-17-2)7-13(16)14(9)11/h1,4-7,16H,8H2,2H3. The van der Waals surface area contributed by atoms with Crippen molar-refractivity contribution in [2.45, 2.75) is 0 Å². The van der Waals surface area contributed by atoms with Gasteiger partial charge in [0.05, 0.1) is 5.56 Å². The number of aromatic hydroxyl groups is 1. The molecular weight excluding hydrogens is 235 g/mol. The lowest BCUT2D eigenvalue weighted by Crippen LogP contribution is -1.99. The Balaban J connectivity index is 2.62. The van der Waals surface area contributed by atoms with Crippen LogP contribution < -0.4 is 4.74 Å². The molecule has 2 aromatic carbocycles. The van der Waals surface area contributed by atoms with Gasteiger partial charge in [0, 0.05) is 18.6 Å². The van der Waals surface area contributed by atoms with Gasteiger partial charge in [-0.2, -0.15) is 0 Å². The molecule has 0 aromatic heterocycles. The van der Waals surface area contributed by atoms with Gasteiger partial charge in [-0.1, -0.05) is 12.0 Å². The van der Waals surface area contributed by atoms with Crippen molar-refractivity contribution in [2.75, 3.05) is 13.9 Å². The first-order valence-electron chi connectivity index (χ1n) is 5.21. The second-order valence-electron chi connectivity index (χ2n) is 3.66. The van der Waals surface area contributed by atoms with Crippen LogP contribution in [0.15, 0.2) is 24.3 Å². The highest BCUT2D eigenvalue weighted by Crippen LogP contribution is 2.33. The third kappa shape index (κ3) is 2.08. The largest absolute Gasteiger partial charge is 0.507 e. The first kappa shape index (κ1) is 12.2. The molecule has 3 nitrogen and oxygen atoms in total. The molecule has 0 unspecified atom stereocenters. The van der Waals surface area contributed by atoms with Crippen LogP contribution in [0.25, 0.3) is 10.8 Å². The highest BCUT2D eigenvalue weighted by molar-refractivity contribution is 5.94. The minimum absolute atomic E-state index is 0.0447. The van der Waals surface area contributed by atoms with E-state index in [2.05, 4.69) is 5.92 Å². The SMILES string of the molecule is C#Cc1c(F)ccc2cc(OCOC)cc(O)c12. The van der Waals surface area contributed by atoms with Crippen LogP contribution in [0.5, 0.6) is 11.5 Å². The Morgan fingerprint density at radius 2 is 2.17 bits per heavy atom. The Hall–Kier alpha value is -2.25. The average Bonchev–Trinajstić information content (AvgIpc) is 2.37. The van der Waals surface area contributed by atoms with Crippen LogP contribution in [-0.2, 0) is 4.74 Å². The summed E-state index contributed by atoms with van der Waals surface area (Å²) in [6.45, 7) is 0.0636. The number of methoxy groups -OCH3 is 1. The molecule has 0 spiro atoms. The quantitative estimate of drug-likeness (QED) is 0.668. The van der Waals surface area contributed by atoms with E-state index in [9.17, 15) is 9.50 Å². The summed E-state index contributed by atoms with van der Waals surface area (Å²) < 4.78 is 23.5. The van der Waals surface area contributed by atoms with Crippen LogP contribution in [0, 0.1) is 18.2 Å². The van der Waals surface area contributed by atoms with Crippen LogP contribution in [0.4, 0.5) is 4.39 Å². The third-order valence-corrected chi connectivity index (χ3v) is 2.51. The van der Waals surface area contributed by atoms with Crippen molar-refractivity contribution in [3.8, 4) is 23.8 Å². The van der Waals surface area contributed by atoms with Crippen molar-refractivity contribution >= 4 is 10.8 Å². The van der Waals surface area contributed by atoms with Gasteiger partial charge in [-0.15, -0.1) is 6.42 Å². The molecule has 2 rings (SSSR count). The van der Waals surface area contributed by atoms with Gasteiger partial charge in [0.25, 0.3) is 0 Å². The number of hydrogen-bond acceptors (Lipinski definition) is 3. The number of terminal acetylenes is 1. The molecule has 0 heterocycles. The maximum atomic E-state index is 13.5. The van der Waals surface area contributed by atoms with Gasteiger partial charge in [-0.3, -0.25) is 0 Å². The number of phenols is 1. The van der Waals surface area contributed by atoms with Crippen LogP contribution >= 0.6 is 0 Å². The van der Waals surface area contributed by atoms with E-state index < -0.39 is 5.82 Å². The highest BCUT2D eigenvalue weighted by Gasteiger charge is 2.11. The van der Waals surface area contributed by atoms with E-state index in [0.29, 0.717) is 16.5 Å². The molecule has 0 aliphatic heterocycles. The first-order valence-corrected chi connectivity index (χ1v) is 5.21. The fraction of sp³-hybridized carbons (Fsp3) is 0.143. The summed E-state index contributed by atoms with van der Waals surface area (Å²) in [5, 5.41) is 10.8. The second-order valence-corrected chi connectivity index (χ2v) is 3.66. The minimum atomic E-state index is -0.536. The van der Waals surface area contributed by atoms with Crippen molar-refractivity contribution in [2.24, 2.45) is 0 Å². The average molecular weight is 246 g/mol. The van der Waals surface area contributed by atoms with E-state index in [4.69, 9.17) is 15.9 Å². The molecule has 0 saturated heterocycles. The summed E-state index contributed by atoms with van der Waals surface area (Å²) in [7, 11) is 1.49. The van der Waals surface area contributed by atoms with Gasteiger partial charge < -0.3 is 14.6 Å². The molecular formula is C14H11FO3. The summed E-state index contributed by atoms with van der Waals surface area (Å²) in [4.78, 5) is 0. The smallest absolute Gasteiger partial charge is 0.188 e. The Labute approximate surface area is 104 Å². The van der Waals surface area contributed by atoms with Gasteiger partial charge in [0.15, 0.2) is 6.79 Å². The maximum Gasteiger partial charge on any atom is 0.188 e. The fourth-order valence-corrected chi connectivity index (χ4v) is 1.74. The Morgan fingerprint density at radius 3 is 2.83 bits per heavy atom. The molecule has 1 N–H and O–H groups in total. The van der Waals surface area contributed by atoms with Crippen molar-refractivity contribution in [1.29, 1.82) is 0 Å². The molecule has 0 fully saturated rings. The Bertz CT molecular complexity index is 629. The summed E-state index contributed by atoms with van der Waals surface area (Å²) in [5.41, 5.74) is 0.0447. The normalized spacial score (nSPS) is 10.3. The predicted octanol–water partition coefficient (Wildman–Crippen LogP) is 2.65. The van der Waals surface area contributed by atoms with E-state index >= 15 is 0 Å². The number of rotatable bonds is 3. The molecule has 4 heteroatoms. The fourth-order valence-electron chi connectivity index (χ4n) is 1.74. The predicted molar refractivity (Wildman–Crippen MR) is 66.0 cm³/mol. The molecule has 0 radical (unpaired) electrons. The molecule has 92 valence electrons. The molecule has 0 bridgehead atoms.